The zero-order valence-corrected chi connectivity index (χ0v) is 11.2. The molecule has 1 fully saturated rings. The lowest BCUT2D eigenvalue weighted by Gasteiger charge is -2.17. The zero-order chi connectivity index (χ0) is 13.7. The third kappa shape index (κ3) is 3.95. The molecule has 1 aliphatic heterocycles. The number of aliphatic hydroxyl groups is 1. The summed E-state index contributed by atoms with van der Waals surface area (Å²) >= 11 is 0. The number of nitrogens with zero attached hydrogens (tertiary/aromatic N) is 2. The Balaban J connectivity index is 1.74. The van der Waals surface area contributed by atoms with Gasteiger partial charge in [-0.05, 0) is 44.0 Å². The summed E-state index contributed by atoms with van der Waals surface area (Å²) in [4.78, 5) is 2.31. The number of aliphatic hydroxyl groups excluding tert-OH is 1. The maximum Gasteiger partial charge on any atom is 0.120 e. The highest BCUT2D eigenvalue weighted by Gasteiger charge is 2.25. The maximum absolute atomic E-state index is 9.54. The van der Waals surface area contributed by atoms with E-state index in [1.54, 1.807) is 12.1 Å². The summed E-state index contributed by atoms with van der Waals surface area (Å²) in [5.74, 6) is 1.13. The molecule has 0 saturated carbocycles. The van der Waals surface area contributed by atoms with Crippen LogP contribution in [0.3, 0.4) is 0 Å². The summed E-state index contributed by atoms with van der Waals surface area (Å²) < 4.78 is 5.65. The fourth-order valence-corrected chi connectivity index (χ4v) is 2.41. The molecule has 1 saturated heterocycles. The van der Waals surface area contributed by atoms with Gasteiger partial charge >= 0.3 is 0 Å². The van der Waals surface area contributed by atoms with E-state index in [1.165, 1.54) is 0 Å². The summed E-state index contributed by atoms with van der Waals surface area (Å²) in [6.07, 6.45) is 0.833. The highest BCUT2D eigenvalue weighted by Crippen LogP contribution is 2.19. The first-order valence-corrected chi connectivity index (χ1v) is 6.72. The highest BCUT2D eigenvalue weighted by molar-refractivity contribution is 5.36. The van der Waals surface area contributed by atoms with Gasteiger partial charge in [0.1, 0.15) is 12.4 Å². The number of likely N-dealkylation sites (tertiary alicyclic amines) is 1. The Labute approximate surface area is 114 Å². The highest BCUT2D eigenvalue weighted by atomic mass is 16.5. The first-order chi connectivity index (χ1) is 9.19. The van der Waals surface area contributed by atoms with Gasteiger partial charge in [-0.2, -0.15) is 5.26 Å². The van der Waals surface area contributed by atoms with Gasteiger partial charge in [0.05, 0.1) is 17.7 Å². The topological polar surface area (TPSA) is 56.5 Å². The Bertz CT molecular complexity index is 454. The lowest BCUT2D eigenvalue weighted by molar-refractivity contribution is 0.125. The SMILES string of the molecule is CC(O)C1CCN(CCOc2cccc(C#N)c2)C1. The average Bonchev–Trinajstić information content (AvgIpc) is 2.88. The minimum absolute atomic E-state index is 0.224. The molecule has 1 N–H and O–H groups in total. The number of ether oxygens (including phenoxy) is 1. The van der Waals surface area contributed by atoms with Gasteiger partial charge in [0.25, 0.3) is 0 Å². The van der Waals surface area contributed by atoms with Crippen LogP contribution in [0.1, 0.15) is 18.9 Å². The van der Waals surface area contributed by atoms with Gasteiger partial charge in [-0.25, -0.2) is 0 Å². The van der Waals surface area contributed by atoms with Crippen LogP contribution in [0.5, 0.6) is 5.75 Å². The van der Waals surface area contributed by atoms with E-state index in [1.807, 2.05) is 19.1 Å². The molecule has 0 spiro atoms. The van der Waals surface area contributed by atoms with Crippen molar-refractivity contribution in [3.8, 4) is 11.8 Å². The largest absolute Gasteiger partial charge is 0.492 e. The van der Waals surface area contributed by atoms with Crippen LogP contribution in [-0.4, -0.2) is 42.4 Å². The van der Waals surface area contributed by atoms with Crippen molar-refractivity contribution in [2.45, 2.75) is 19.4 Å². The maximum atomic E-state index is 9.54. The Morgan fingerprint density at radius 1 is 1.58 bits per heavy atom. The predicted octanol–water partition coefficient (Wildman–Crippen LogP) is 1.64. The van der Waals surface area contributed by atoms with Crippen molar-refractivity contribution in [3.63, 3.8) is 0 Å². The molecule has 1 aromatic carbocycles. The Morgan fingerprint density at radius 3 is 3.11 bits per heavy atom. The van der Waals surface area contributed by atoms with Gasteiger partial charge in [-0.3, -0.25) is 4.90 Å². The third-order valence-electron chi connectivity index (χ3n) is 3.63. The van der Waals surface area contributed by atoms with Crippen molar-refractivity contribution < 1.29 is 9.84 Å². The van der Waals surface area contributed by atoms with E-state index >= 15 is 0 Å². The predicted molar refractivity (Wildman–Crippen MR) is 72.9 cm³/mol. The Kier molecular flexibility index (Phi) is 4.78. The van der Waals surface area contributed by atoms with Crippen LogP contribution in [0.25, 0.3) is 0 Å². The molecule has 0 aliphatic carbocycles. The standard InChI is InChI=1S/C15H20N2O2/c1-12(18)14-5-6-17(11-14)7-8-19-15-4-2-3-13(9-15)10-16/h2-4,9,12,14,18H,5-8,11H2,1H3. The molecule has 1 aromatic rings. The molecule has 102 valence electrons. The van der Waals surface area contributed by atoms with E-state index in [9.17, 15) is 5.11 Å². The van der Waals surface area contributed by atoms with Crippen molar-refractivity contribution in [3.05, 3.63) is 29.8 Å². The Morgan fingerprint density at radius 2 is 2.42 bits per heavy atom. The van der Waals surface area contributed by atoms with Gasteiger partial charge in [0.2, 0.25) is 0 Å². The van der Waals surface area contributed by atoms with Crippen molar-refractivity contribution in [2.24, 2.45) is 5.92 Å². The van der Waals surface area contributed by atoms with Crippen LogP contribution in [-0.2, 0) is 0 Å². The molecule has 4 heteroatoms. The lowest BCUT2D eigenvalue weighted by atomic mass is 10.0. The summed E-state index contributed by atoms with van der Waals surface area (Å²) in [6, 6.07) is 9.31. The molecule has 0 amide bonds. The third-order valence-corrected chi connectivity index (χ3v) is 3.63. The minimum atomic E-state index is -0.224. The summed E-state index contributed by atoms with van der Waals surface area (Å²) in [5, 5.41) is 18.3. The second kappa shape index (κ2) is 6.55. The summed E-state index contributed by atoms with van der Waals surface area (Å²) in [6.45, 7) is 5.30. The second-order valence-electron chi connectivity index (χ2n) is 5.08. The number of hydrogen-bond donors (Lipinski definition) is 1. The van der Waals surface area contributed by atoms with Gasteiger partial charge in [-0.1, -0.05) is 6.07 Å². The molecule has 19 heavy (non-hydrogen) atoms. The first kappa shape index (κ1) is 13.9. The fourth-order valence-electron chi connectivity index (χ4n) is 2.41. The Hall–Kier alpha value is -1.57. The van der Waals surface area contributed by atoms with Crippen LogP contribution in [0, 0.1) is 17.2 Å². The summed E-state index contributed by atoms with van der Waals surface area (Å²) in [7, 11) is 0. The first-order valence-electron chi connectivity index (χ1n) is 6.72. The van der Waals surface area contributed by atoms with E-state index < -0.39 is 0 Å². The van der Waals surface area contributed by atoms with Gasteiger partial charge in [-0.15, -0.1) is 0 Å². The van der Waals surface area contributed by atoms with Crippen molar-refractivity contribution in [1.82, 2.24) is 4.90 Å². The van der Waals surface area contributed by atoms with Crippen molar-refractivity contribution in [1.29, 1.82) is 5.26 Å². The normalized spacial score (nSPS) is 21.0. The van der Waals surface area contributed by atoms with Crippen LogP contribution in [0.15, 0.2) is 24.3 Å². The van der Waals surface area contributed by atoms with E-state index in [2.05, 4.69) is 11.0 Å². The molecule has 1 heterocycles. The summed E-state index contributed by atoms with van der Waals surface area (Å²) in [5.41, 5.74) is 0.618. The van der Waals surface area contributed by atoms with E-state index in [4.69, 9.17) is 10.00 Å². The lowest BCUT2D eigenvalue weighted by Crippen LogP contribution is -2.28. The van der Waals surface area contributed by atoms with Crippen LogP contribution >= 0.6 is 0 Å². The van der Waals surface area contributed by atoms with Crippen molar-refractivity contribution >= 4 is 0 Å². The average molecular weight is 260 g/mol. The molecule has 0 radical (unpaired) electrons. The van der Waals surface area contributed by atoms with Crippen LogP contribution < -0.4 is 4.74 Å². The van der Waals surface area contributed by atoms with E-state index in [0.717, 1.165) is 31.8 Å². The molecule has 0 aromatic heterocycles. The van der Waals surface area contributed by atoms with E-state index in [0.29, 0.717) is 18.1 Å². The molecular weight excluding hydrogens is 240 g/mol. The quantitative estimate of drug-likeness (QED) is 0.874. The molecule has 0 bridgehead atoms. The monoisotopic (exact) mass is 260 g/mol. The smallest absolute Gasteiger partial charge is 0.120 e. The molecule has 4 nitrogen and oxygen atoms in total. The fraction of sp³-hybridized carbons (Fsp3) is 0.533. The molecule has 2 atom stereocenters. The molecular formula is C15H20N2O2. The van der Waals surface area contributed by atoms with Crippen LogP contribution in [0.2, 0.25) is 0 Å². The van der Waals surface area contributed by atoms with Crippen LogP contribution in [0.4, 0.5) is 0 Å². The molecule has 2 unspecified atom stereocenters. The second-order valence-corrected chi connectivity index (χ2v) is 5.08. The molecule has 1 aliphatic rings. The molecule has 2 rings (SSSR count). The van der Waals surface area contributed by atoms with Gasteiger partial charge < -0.3 is 9.84 Å². The van der Waals surface area contributed by atoms with Gasteiger partial charge in [0, 0.05) is 13.1 Å². The number of rotatable bonds is 5. The minimum Gasteiger partial charge on any atom is -0.492 e. The number of benzene rings is 1. The number of nitriles is 1. The zero-order valence-electron chi connectivity index (χ0n) is 11.2. The number of hydrogen-bond acceptors (Lipinski definition) is 4. The van der Waals surface area contributed by atoms with E-state index in [-0.39, 0.29) is 6.10 Å². The van der Waals surface area contributed by atoms with Crippen molar-refractivity contribution in [2.75, 3.05) is 26.2 Å². The van der Waals surface area contributed by atoms with Gasteiger partial charge in [0.15, 0.2) is 0 Å².